The van der Waals surface area contributed by atoms with Gasteiger partial charge in [0.2, 0.25) is 5.91 Å². The van der Waals surface area contributed by atoms with Crippen molar-refractivity contribution in [2.45, 2.75) is 43.2 Å². The Balaban J connectivity index is 1.27. The first-order valence-electron chi connectivity index (χ1n) is 10.4. The zero-order valence-electron chi connectivity index (χ0n) is 17.4. The van der Waals surface area contributed by atoms with Gasteiger partial charge in [-0.25, -0.2) is 8.42 Å². The second kappa shape index (κ2) is 6.73. The van der Waals surface area contributed by atoms with E-state index in [2.05, 4.69) is 0 Å². The minimum Gasteiger partial charge on any atom is -0.457 e. The molecule has 170 valence electrons. The van der Waals surface area contributed by atoms with Gasteiger partial charge >= 0.3 is 6.18 Å². The van der Waals surface area contributed by atoms with Gasteiger partial charge in [-0.2, -0.15) is 13.2 Å². The van der Waals surface area contributed by atoms with Crippen molar-refractivity contribution in [3.8, 4) is 11.5 Å². The van der Waals surface area contributed by atoms with Crippen LogP contribution in [0.25, 0.3) is 0 Å². The summed E-state index contributed by atoms with van der Waals surface area (Å²) in [5.41, 5.74) is 0.753. The Hall–Kier alpha value is -2.55. The fraction of sp³-hybridized carbons (Fsp3) is 0.435. The smallest absolute Gasteiger partial charge is 0.416 e. The molecule has 4 aliphatic rings. The number of carbonyl (C=O) groups excluding carboxylic acids is 1. The predicted octanol–water partition coefficient (Wildman–Crippen LogP) is 4.35. The van der Waals surface area contributed by atoms with Gasteiger partial charge in [-0.3, -0.25) is 4.79 Å². The van der Waals surface area contributed by atoms with Gasteiger partial charge in [-0.1, -0.05) is 6.07 Å². The van der Waals surface area contributed by atoms with Gasteiger partial charge in [0.05, 0.1) is 15.7 Å². The first-order chi connectivity index (χ1) is 14.9. The maximum absolute atomic E-state index is 13.1. The molecule has 32 heavy (non-hydrogen) atoms. The molecule has 1 aliphatic heterocycles. The molecule has 3 saturated carbocycles. The summed E-state index contributed by atoms with van der Waals surface area (Å²) in [4.78, 5) is 14.9. The van der Waals surface area contributed by atoms with E-state index >= 15 is 0 Å². The quantitative estimate of drug-likeness (QED) is 0.674. The Morgan fingerprint density at radius 2 is 1.62 bits per heavy atom. The molecule has 1 heterocycles. The Morgan fingerprint density at radius 3 is 2.22 bits per heavy atom. The van der Waals surface area contributed by atoms with Crippen molar-refractivity contribution in [1.82, 2.24) is 4.90 Å². The highest BCUT2D eigenvalue weighted by Crippen LogP contribution is 2.71. The lowest BCUT2D eigenvalue weighted by atomic mass is 9.43. The summed E-state index contributed by atoms with van der Waals surface area (Å²) >= 11 is 0. The molecule has 0 unspecified atom stereocenters. The molecule has 2 aromatic rings. The predicted molar refractivity (Wildman–Crippen MR) is 111 cm³/mol. The number of rotatable bonds is 4. The lowest BCUT2D eigenvalue weighted by molar-refractivity contribution is -0.171. The van der Waals surface area contributed by atoms with Gasteiger partial charge in [-0.05, 0) is 73.2 Å². The first-order valence-corrected chi connectivity index (χ1v) is 12.3. The van der Waals surface area contributed by atoms with Crippen LogP contribution in [0, 0.1) is 5.41 Å². The van der Waals surface area contributed by atoms with E-state index in [1.165, 1.54) is 18.4 Å². The number of benzene rings is 2. The monoisotopic (exact) mass is 465 g/mol. The Bertz CT molecular complexity index is 1180. The van der Waals surface area contributed by atoms with Crippen molar-refractivity contribution in [1.29, 1.82) is 0 Å². The van der Waals surface area contributed by atoms with Crippen molar-refractivity contribution in [3.63, 3.8) is 0 Å². The second-order valence-corrected chi connectivity index (χ2v) is 11.7. The van der Waals surface area contributed by atoms with E-state index in [-0.39, 0.29) is 5.91 Å². The van der Waals surface area contributed by atoms with Crippen LogP contribution in [0.2, 0.25) is 0 Å². The van der Waals surface area contributed by atoms with Gasteiger partial charge in [0.1, 0.15) is 11.5 Å². The van der Waals surface area contributed by atoms with E-state index in [1.54, 1.807) is 11.0 Å². The lowest BCUT2D eigenvalue weighted by Crippen LogP contribution is -2.75. The van der Waals surface area contributed by atoms with Crippen LogP contribution >= 0.6 is 0 Å². The molecule has 2 aromatic carbocycles. The Morgan fingerprint density at radius 1 is 1.00 bits per heavy atom. The van der Waals surface area contributed by atoms with Crippen LogP contribution in [-0.2, 0) is 33.8 Å². The van der Waals surface area contributed by atoms with Crippen LogP contribution in [-0.4, -0.2) is 36.8 Å². The van der Waals surface area contributed by atoms with Crippen LogP contribution < -0.4 is 4.74 Å². The van der Waals surface area contributed by atoms with E-state index in [9.17, 15) is 26.4 Å². The lowest BCUT2D eigenvalue weighted by Gasteiger charge is -2.68. The standard InChI is InChI=1S/C23H22F3NO4S/c1-32(29,30)22-12-21(13-22,14-22)20(28)27-9-8-15-2-5-19(10-16(15)11-27)31-18-6-3-17(4-7-18)23(24,25)26/h2-7,10H,8-9,11-14H2,1H3. The fourth-order valence-corrected chi connectivity index (χ4v) is 6.88. The molecule has 5 nitrogen and oxygen atoms in total. The summed E-state index contributed by atoms with van der Waals surface area (Å²) in [6.45, 7) is 0.991. The van der Waals surface area contributed by atoms with E-state index in [0.29, 0.717) is 50.3 Å². The highest BCUT2D eigenvalue weighted by Gasteiger charge is 2.76. The molecular formula is C23H22F3NO4S. The zero-order chi connectivity index (χ0) is 22.9. The average Bonchev–Trinajstić information content (AvgIpc) is 2.64. The summed E-state index contributed by atoms with van der Waals surface area (Å²) in [5, 5.41) is 0. The largest absolute Gasteiger partial charge is 0.457 e. The Kier molecular flexibility index (Phi) is 4.48. The molecule has 9 heteroatoms. The van der Waals surface area contributed by atoms with Gasteiger partial charge in [0.15, 0.2) is 9.84 Å². The summed E-state index contributed by atoms with van der Waals surface area (Å²) in [7, 11) is -3.15. The first kappa shape index (κ1) is 21.3. The maximum atomic E-state index is 13.1. The van der Waals surface area contributed by atoms with E-state index in [0.717, 1.165) is 23.3 Å². The molecule has 0 aromatic heterocycles. The zero-order valence-corrected chi connectivity index (χ0v) is 18.2. The molecule has 0 spiro atoms. The highest BCUT2D eigenvalue weighted by atomic mass is 32.2. The van der Waals surface area contributed by atoms with Gasteiger partial charge in [0, 0.05) is 19.3 Å². The summed E-state index contributed by atoms with van der Waals surface area (Å²) in [6, 6.07) is 9.99. The Labute approximate surface area is 184 Å². The number of amides is 1. The topological polar surface area (TPSA) is 63.7 Å². The van der Waals surface area contributed by atoms with E-state index in [1.807, 2.05) is 12.1 Å². The third kappa shape index (κ3) is 3.29. The van der Waals surface area contributed by atoms with Crippen LogP contribution in [0.1, 0.15) is 36.0 Å². The minimum atomic E-state index is -4.40. The van der Waals surface area contributed by atoms with Crippen LogP contribution in [0.4, 0.5) is 13.2 Å². The molecule has 0 saturated heterocycles. The number of sulfone groups is 1. The van der Waals surface area contributed by atoms with Crippen molar-refractivity contribution >= 4 is 15.7 Å². The van der Waals surface area contributed by atoms with Gasteiger partial charge < -0.3 is 9.64 Å². The molecule has 0 atom stereocenters. The van der Waals surface area contributed by atoms with Gasteiger partial charge in [0.25, 0.3) is 0 Å². The molecule has 3 fully saturated rings. The van der Waals surface area contributed by atoms with Crippen molar-refractivity contribution in [2.24, 2.45) is 5.41 Å². The molecule has 6 rings (SSSR count). The second-order valence-electron chi connectivity index (χ2n) is 9.30. The van der Waals surface area contributed by atoms with Crippen LogP contribution in [0.15, 0.2) is 42.5 Å². The van der Waals surface area contributed by atoms with Crippen LogP contribution in [0.3, 0.4) is 0 Å². The maximum Gasteiger partial charge on any atom is 0.416 e. The van der Waals surface area contributed by atoms with Crippen molar-refractivity contribution < 1.29 is 31.1 Å². The van der Waals surface area contributed by atoms with Gasteiger partial charge in [-0.15, -0.1) is 0 Å². The number of hydrogen-bond acceptors (Lipinski definition) is 4. The summed E-state index contributed by atoms with van der Waals surface area (Å²) in [5.74, 6) is 0.795. The number of nitrogens with zero attached hydrogens (tertiary/aromatic N) is 1. The molecule has 0 radical (unpaired) electrons. The normalized spacial score (nSPS) is 26.6. The van der Waals surface area contributed by atoms with E-state index < -0.39 is 31.7 Å². The number of carbonyl (C=O) groups is 1. The van der Waals surface area contributed by atoms with Crippen molar-refractivity contribution in [2.75, 3.05) is 12.8 Å². The third-order valence-corrected chi connectivity index (χ3v) is 9.12. The number of halogens is 3. The molecular weight excluding hydrogens is 443 g/mol. The summed E-state index contributed by atoms with van der Waals surface area (Å²) < 4.78 is 67.1. The number of hydrogen-bond donors (Lipinski definition) is 0. The highest BCUT2D eigenvalue weighted by molar-refractivity contribution is 7.92. The molecule has 2 bridgehead atoms. The fourth-order valence-electron chi connectivity index (χ4n) is 5.27. The average molecular weight is 465 g/mol. The van der Waals surface area contributed by atoms with Crippen molar-refractivity contribution in [3.05, 3.63) is 59.2 Å². The minimum absolute atomic E-state index is 0.0164. The van der Waals surface area contributed by atoms with Crippen LogP contribution in [0.5, 0.6) is 11.5 Å². The SMILES string of the molecule is CS(=O)(=O)C12CC(C(=O)N3CCc4ccc(Oc5ccc(C(F)(F)F)cc5)cc4C3)(C1)C2. The van der Waals surface area contributed by atoms with E-state index in [4.69, 9.17) is 4.74 Å². The molecule has 3 aliphatic carbocycles. The number of alkyl halides is 3. The number of ether oxygens (including phenoxy) is 1. The molecule has 1 amide bonds. The molecule has 0 N–H and O–H groups in total. The number of fused-ring (bicyclic) bond motifs is 1. The third-order valence-electron chi connectivity index (χ3n) is 7.12. The summed E-state index contributed by atoms with van der Waals surface area (Å²) in [6.07, 6.45) is -1.22.